The molecule has 25 heavy (non-hydrogen) atoms. The van der Waals surface area contributed by atoms with Crippen LogP contribution in [0.25, 0.3) is 11.3 Å². The van der Waals surface area contributed by atoms with E-state index < -0.39 is 0 Å². The van der Waals surface area contributed by atoms with Crippen molar-refractivity contribution in [2.24, 2.45) is 0 Å². The second-order valence-corrected chi connectivity index (χ2v) is 7.01. The number of hydrogen-bond acceptors (Lipinski definition) is 4. The topological polar surface area (TPSA) is 32.5 Å². The van der Waals surface area contributed by atoms with Crippen LogP contribution < -0.4 is 4.90 Å². The fourth-order valence-electron chi connectivity index (χ4n) is 3.51. The van der Waals surface area contributed by atoms with Gasteiger partial charge in [-0.2, -0.15) is 0 Å². The first-order chi connectivity index (χ1) is 12.4. The maximum absolute atomic E-state index is 5.68. The summed E-state index contributed by atoms with van der Waals surface area (Å²) in [5.41, 5.74) is 2.04. The van der Waals surface area contributed by atoms with E-state index in [2.05, 4.69) is 40.1 Å². The van der Waals surface area contributed by atoms with E-state index in [-0.39, 0.29) is 0 Å². The molecule has 0 unspecified atom stereocenters. The summed E-state index contributed by atoms with van der Waals surface area (Å²) in [7, 11) is 0. The molecule has 1 saturated heterocycles. The summed E-state index contributed by atoms with van der Waals surface area (Å²) in [4.78, 5) is 4.98. The van der Waals surface area contributed by atoms with Gasteiger partial charge in [0.15, 0.2) is 0 Å². The van der Waals surface area contributed by atoms with Gasteiger partial charge in [-0.1, -0.05) is 55.3 Å². The number of unbranched alkanes of at least 4 members (excludes halogenated alkanes) is 1. The molecule has 0 atom stereocenters. The normalized spacial score (nSPS) is 15.4. The van der Waals surface area contributed by atoms with E-state index in [0.717, 1.165) is 30.2 Å². The minimum Gasteiger partial charge on any atom is -0.341 e. The quantitative estimate of drug-likeness (QED) is 0.654. The molecule has 0 radical (unpaired) electrons. The van der Waals surface area contributed by atoms with Crippen molar-refractivity contribution in [1.82, 2.24) is 10.1 Å². The van der Waals surface area contributed by atoms with Crippen LogP contribution in [0, 0.1) is 0 Å². The van der Waals surface area contributed by atoms with Crippen molar-refractivity contribution >= 4 is 5.88 Å². The minimum atomic E-state index is 0.908. The first kappa shape index (κ1) is 18.0. The Labute approximate surface area is 151 Å². The van der Waals surface area contributed by atoms with Gasteiger partial charge in [0.1, 0.15) is 5.69 Å². The van der Waals surface area contributed by atoms with Crippen LogP contribution in [-0.4, -0.2) is 42.8 Å². The van der Waals surface area contributed by atoms with Crippen LogP contribution in [0.1, 0.15) is 45.4 Å². The number of aromatic nitrogens is 1. The maximum Gasteiger partial charge on any atom is 0.227 e. The number of benzene rings is 1. The summed E-state index contributed by atoms with van der Waals surface area (Å²) in [6.45, 7) is 8.06. The van der Waals surface area contributed by atoms with Gasteiger partial charge in [-0.3, -0.25) is 0 Å². The van der Waals surface area contributed by atoms with Crippen molar-refractivity contribution in [2.45, 2.75) is 45.4 Å². The Morgan fingerprint density at radius 3 is 2.56 bits per heavy atom. The van der Waals surface area contributed by atoms with Gasteiger partial charge in [-0.15, -0.1) is 0 Å². The van der Waals surface area contributed by atoms with Gasteiger partial charge in [0, 0.05) is 24.7 Å². The predicted octanol–water partition coefficient (Wildman–Crippen LogP) is 4.82. The lowest BCUT2D eigenvalue weighted by Gasteiger charge is -2.28. The summed E-state index contributed by atoms with van der Waals surface area (Å²) in [6.07, 6.45) is 7.70. The van der Waals surface area contributed by atoms with E-state index in [1.807, 2.05) is 18.2 Å². The lowest BCUT2D eigenvalue weighted by molar-refractivity contribution is 0.226. The van der Waals surface area contributed by atoms with E-state index in [1.165, 1.54) is 58.2 Å². The van der Waals surface area contributed by atoms with Gasteiger partial charge >= 0.3 is 0 Å². The molecule has 136 valence electrons. The Kier molecular flexibility index (Phi) is 6.92. The number of hydrogen-bond donors (Lipinski definition) is 0. The molecule has 0 saturated carbocycles. The molecule has 1 fully saturated rings. The largest absolute Gasteiger partial charge is 0.341 e. The lowest BCUT2D eigenvalue weighted by Crippen LogP contribution is -2.33. The van der Waals surface area contributed by atoms with Crippen molar-refractivity contribution in [3.05, 3.63) is 36.4 Å². The van der Waals surface area contributed by atoms with E-state index in [0.29, 0.717) is 0 Å². The molecule has 2 heterocycles. The molecule has 4 nitrogen and oxygen atoms in total. The molecule has 0 bridgehead atoms. The molecular weight excluding hydrogens is 310 g/mol. The summed E-state index contributed by atoms with van der Waals surface area (Å²) >= 11 is 0. The highest BCUT2D eigenvalue weighted by Gasteiger charge is 2.15. The second kappa shape index (κ2) is 9.62. The molecule has 1 aromatic heterocycles. The molecule has 4 heteroatoms. The summed E-state index contributed by atoms with van der Waals surface area (Å²) in [5, 5.41) is 4.29. The van der Waals surface area contributed by atoms with Gasteiger partial charge in [0.25, 0.3) is 0 Å². The molecule has 2 aromatic rings. The van der Waals surface area contributed by atoms with Crippen LogP contribution in [0.15, 0.2) is 40.9 Å². The molecule has 3 rings (SSSR count). The zero-order valence-corrected chi connectivity index (χ0v) is 15.5. The Morgan fingerprint density at radius 1 is 1.04 bits per heavy atom. The fraction of sp³-hybridized carbons (Fsp3) is 0.571. The van der Waals surface area contributed by atoms with Gasteiger partial charge in [0.05, 0.1) is 0 Å². The Morgan fingerprint density at radius 2 is 1.80 bits per heavy atom. The molecule has 0 amide bonds. The van der Waals surface area contributed by atoms with Crippen LogP contribution in [0.2, 0.25) is 0 Å². The average Bonchev–Trinajstić information content (AvgIpc) is 3.16. The van der Waals surface area contributed by atoms with Gasteiger partial charge < -0.3 is 14.3 Å². The highest BCUT2D eigenvalue weighted by Crippen LogP contribution is 2.24. The van der Waals surface area contributed by atoms with Crippen molar-refractivity contribution in [3.8, 4) is 11.3 Å². The fourth-order valence-corrected chi connectivity index (χ4v) is 3.51. The summed E-state index contributed by atoms with van der Waals surface area (Å²) in [6, 6.07) is 12.3. The lowest BCUT2D eigenvalue weighted by atomic mass is 10.1. The van der Waals surface area contributed by atoms with E-state index in [9.17, 15) is 0 Å². The third kappa shape index (κ3) is 5.33. The van der Waals surface area contributed by atoms with Crippen molar-refractivity contribution in [1.29, 1.82) is 0 Å². The van der Waals surface area contributed by atoms with Crippen LogP contribution >= 0.6 is 0 Å². The van der Waals surface area contributed by atoms with Crippen molar-refractivity contribution in [2.75, 3.05) is 37.6 Å². The molecule has 0 spiro atoms. The zero-order valence-electron chi connectivity index (χ0n) is 15.5. The van der Waals surface area contributed by atoms with Gasteiger partial charge in [0.2, 0.25) is 5.88 Å². The van der Waals surface area contributed by atoms with Crippen LogP contribution in [0.5, 0.6) is 0 Å². The number of nitrogens with zero attached hydrogens (tertiary/aromatic N) is 3. The molecule has 0 N–H and O–H groups in total. The Bertz CT molecular complexity index is 605. The summed E-state index contributed by atoms with van der Waals surface area (Å²) in [5.74, 6) is 0.908. The standard InChI is InChI=1S/C21H31N3O/c1-2-3-16-24(17-10-15-23-13-8-5-9-14-23)21-18-20(22-25-21)19-11-6-4-7-12-19/h4,6-7,11-12,18H,2-3,5,8-10,13-17H2,1H3. The molecule has 1 aliphatic heterocycles. The third-order valence-electron chi connectivity index (χ3n) is 5.01. The van der Waals surface area contributed by atoms with Gasteiger partial charge in [-0.25, -0.2) is 0 Å². The van der Waals surface area contributed by atoms with E-state index in [1.54, 1.807) is 0 Å². The Hall–Kier alpha value is -1.81. The summed E-state index contributed by atoms with van der Waals surface area (Å²) < 4.78 is 5.68. The SMILES string of the molecule is CCCCN(CCCN1CCCCC1)c1cc(-c2ccccc2)no1. The minimum absolute atomic E-state index is 0.908. The monoisotopic (exact) mass is 341 g/mol. The molecular formula is C21H31N3O. The van der Waals surface area contributed by atoms with Crippen LogP contribution in [-0.2, 0) is 0 Å². The van der Waals surface area contributed by atoms with Gasteiger partial charge in [-0.05, 0) is 45.3 Å². The van der Waals surface area contributed by atoms with Crippen LogP contribution in [0.3, 0.4) is 0 Å². The number of likely N-dealkylation sites (tertiary alicyclic amines) is 1. The van der Waals surface area contributed by atoms with Crippen LogP contribution in [0.4, 0.5) is 5.88 Å². The third-order valence-corrected chi connectivity index (χ3v) is 5.01. The van der Waals surface area contributed by atoms with Crippen molar-refractivity contribution < 1.29 is 4.52 Å². The Balaban J connectivity index is 1.58. The number of anilines is 1. The maximum atomic E-state index is 5.68. The second-order valence-electron chi connectivity index (χ2n) is 7.01. The van der Waals surface area contributed by atoms with E-state index >= 15 is 0 Å². The predicted molar refractivity (Wildman–Crippen MR) is 104 cm³/mol. The number of rotatable bonds is 9. The highest BCUT2D eigenvalue weighted by atomic mass is 16.5. The molecule has 1 aliphatic rings. The first-order valence-electron chi connectivity index (χ1n) is 9.86. The first-order valence-corrected chi connectivity index (χ1v) is 9.86. The zero-order chi connectivity index (χ0) is 17.3. The average molecular weight is 341 g/mol. The molecule has 0 aliphatic carbocycles. The highest BCUT2D eigenvalue weighted by molar-refractivity contribution is 5.61. The van der Waals surface area contributed by atoms with Crippen molar-refractivity contribution in [3.63, 3.8) is 0 Å². The smallest absolute Gasteiger partial charge is 0.227 e. The van der Waals surface area contributed by atoms with E-state index in [4.69, 9.17) is 4.52 Å². The molecule has 1 aromatic carbocycles. The number of piperidine rings is 1.